The van der Waals surface area contributed by atoms with E-state index in [1.54, 1.807) is 6.92 Å². The molecule has 0 bridgehead atoms. The number of rotatable bonds is 6. The number of halogens is 7. The number of nitrogens with one attached hydrogen (secondary N) is 2. The van der Waals surface area contributed by atoms with Gasteiger partial charge in [-0.3, -0.25) is 9.89 Å². The maximum Gasteiger partial charge on any atom is 0.401 e. The zero-order valence-electron chi connectivity index (χ0n) is 13.3. The Hall–Kier alpha value is -0.460. The first-order chi connectivity index (χ1) is 10.6. The fourth-order valence-electron chi connectivity index (χ4n) is 2.34. The van der Waals surface area contributed by atoms with Gasteiger partial charge in [0, 0.05) is 26.2 Å². The van der Waals surface area contributed by atoms with Crippen LogP contribution in [-0.2, 0) is 0 Å². The molecule has 24 heavy (non-hydrogen) atoms. The van der Waals surface area contributed by atoms with E-state index in [-0.39, 0.29) is 48.9 Å². The predicted molar refractivity (Wildman–Crippen MR) is 90.7 cm³/mol. The van der Waals surface area contributed by atoms with Gasteiger partial charge in [0.1, 0.15) is 0 Å². The summed E-state index contributed by atoms with van der Waals surface area (Å²) in [5.74, 6) is 0.237. The van der Waals surface area contributed by atoms with E-state index in [2.05, 4.69) is 15.6 Å². The fraction of sp³-hybridized carbons (Fsp3) is 0.923. The van der Waals surface area contributed by atoms with Crippen molar-refractivity contribution in [1.82, 2.24) is 15.5 Å². The van der Waals surface area contributed by atoms with Crippen molar-refractivity contribution in [3.63, 3.8) is 0 Å². The topological polar surface area (TPSA) is 39.7 Å². The number of aliphatic imine (C=N–C) groups is 1. The van der Waals surface area contributed by atoms with Crippen LogP contribution in [0.5, 0.6) is 0 Å². The van der Waals surface area contributed by atoms with Crippen LogP contribution in [0, 0.1) is 5.92 Å². The van der Waals surface area contributed by atoms with E-state index in [0.29, 0.717) is 26.1 Å². The smallest absolute Gasteiger partial charge is 0.357 e. The number of hydrogen-bond acceptors (Lipinski definition) is 2. The Balaban J connectivity index is 0.00000529. The van der Waals surface area contributed by atoms with Gasteiger partial charge in [0.25, 0.3) is 0 Å². The molecule has 0 saturated carbocycles. The minimum atomic E-state index is -4.24. The first-order valence-corrected chi connectivity index (χ1v) is 7.47. The van der Waals surface area contributed by atoms with Gasteiger partial charge in [-0.2, -0.15) is 26.3 Å². The van der Waals surface area contributed by atoms with Crippen molar-refractivity contribution in [3.8, 4) is 0 Å². The molecule has 1 rings (SSSR count). The van der Waals surface area contributed by atoms with Crippen molar-refractivity contribution in [3.05, 3.63) is 0 Å². The minimum Gasteiger partial charge on any atom is -0.357 e. The van der Waals surface area contributed by atoms with Crippen molar-refractivity contribution in [1.29, 1.82) is 0 Å². The van der Waals surface area contributed by atoms with Gasteiger partial charge in [-0.1, -0.05) is 0 Å². The van der Waals surface area contributed by atoms with Crippen molar-refractivity contribution in [2.24, 2.45) is 10.9 Å². The summed E-state index contributed by atoms with van der Waals surface area (Å²) in [6.07, 6.45) is -8.83. The Bertz CT molecular complexity index is 386. The van der Waals surface area contributed by atoms with Crippen molar-refractivity contribution < 1.29 is 26.3 Å². The zero-order valence-corrected chi connectivity index (χ0v) is 15.6. The van der Waals surface area contributed by atoms with E-state index < -0.39 is 25.3 Å². The SMILES string of the molecule is CCNC(=NCC1CCN(CC(F)(F)F)C1)NCCC(F)(F)F.I. The highest BCUT2D eigenvalue weighted by molar-refractivity contribution is 14.0. The first-order valence-electron chi connectivity index (χ1n) is 7.47. The molecule has 0 amide bonds. The van der Waals surface area contributed by atoms with Crippen molar-refractivity contribution in [2.75, 3.05) is 39.3 Å². The molecule has 0 spiro atoms. The summed E-state index contributed by atoms with van der Waals surface area (Å²) in [5.41, 5.74) is 0. The molecule has 1 aliphatic heterocycles. The van der Waals surface area contributed by atoms with E-state index in [1.807, 2.05) is 0 Å². The highest BCUT2D eigenvalue weighted by Crippen LogP contribution is 2.23. The summed E-state index contributed by atoms with van der Waals surface area (Å²) < 4.78 is 73.2. The van der Waals surface area contributed by atoms with Gasteiger partial charge >= 0.3 is 12.4 Å². The van der Waals surface area contributed by atoms with Crippen molar-refractivity contribution in [2.45, 2.75) is 32.1 Å². The molecule has 1 unspecified atom stereocenters. The monoisotopic (exact) mass is 476 g/mol. The summed E-state index contributed by atoms with van der Waals surface area (Å²) in [5, 5.41) is 5.40. The summed E-state index contributed by atoms with van der Waals surface area (Å²) in [6.45, 7) is 1.99. The lowest BCUT2D eigenvalue weighted by Gasteiger charge is -2.17. The van der Waals surface area contributed by atoms with Gasteiger partial charge in [0.2, 0.25) is 0 Å². The van der Waals surface area contributed by atoms with Crippen LogP contribution >= 0.6 is 24.0 Å². The molecule has 0 aromatic rings. The molecule has 0 aromatic heterocycles. The predicted octanol–water partition coefficient (Wildman–Crippen LogP) is 3.00. The lowest BCUT2D eigenvalue weighted by Crippen LogP contribution is -2.39. The number of nitrogens with zero attached hydrogens (tertiary/aromatic N) is 2. The molecule has 1 atom stereocenters. The second kappa shape index (κ2) is 10.5. The lowest BCUT2D eigenvalue weighted by atomic mass is 10.1. The Morgan fingerprint density at radius 2 is 1.79 bits per heavy atom. The molecule has 4 nitrogen and oxygen atoms in total. The summed E-state index contributed by atoms with van der Waals surface area (Å²) >= 11 is 0. The molecular weight excluding hydrogens is 453 g/mol. The average Bonchev–Trinajstić information content (AvgIpc) is 2.79. The maximum atomic E-state index is 12.3. The van der Waals surface area contributed by atoms with Crippen LogP contribution in [0.1, 0.15) is 19.8 Å². The zero-order chi connectivity index (χ0) is 17.5. The first kappa shape index (κ1) is 23.5. The number of hydrogen-bond donors (Lipinski definition) is 2. The van der Waals surface area contributed by atoms with E-state index in [1.165, 1.54) is 4.90 Å². The van der Waals surface area contributed by atoms with Crippen molar-refractivity contribution >= 4 is 29.9 Å². The maximum absolute atomic E-state index is 12.3. The molecule has 1 aliphatic rings. The Labute approximate surface area is 154 Å². The van der Waals surface area contributed by atoms with Crippen LogP contribution in [0.2, 0.25) is 0 Å². The Kier molecular flexibility index (Phi) is 10.3. The number of guanidine groups is 1. The Morgan fingerprint density at radius 1 is 1.12 bits per heavy atom. The molecule has 1 heterocycles. The molecule has 2 N–H and O–H groups in total. The lowest BCUT2D eigenvalue weighted by molar-refractivity contribution is -0.143. The van der Waals surface area contributed by atoms with Crippen LogP contribution < -0.4 is 10.6 Å². The molecule has 0 aromatic carbocycles. The van der Waals surface area contributed by atoms with Gasteiger partial charge < -0.3 is 10.6 Å². The normalized spacial score (nSPS) is 20.0. The molecule has 0 radical (unpaired) electrons. The van der Waals surface area contributed by atoms with Gasteiger partial charge in [0.05, 0.1) is 13.0 Å². The average molecular weight is 476 g/mol. The molecule has 1 saturated heterocycles. The van der Waals surface area contributed by atoms with Gasteiger partial charge in [-0.05, 0) is 25.8 Å². The largest absolute Gasteiger partial charge is 0.401 e. The van der Waals surface area contributed by atoms with Crippen LogP contribution in [0.4, 0.5) is 26.3 Å². The summed E-state index contributed by atoms with van der Waals surface area (Å²) in [7, 11) is 0. The van der Waals surface area contributed by atoms with E-state index in [4.69, 9.17) is 0 Å². The second-order valence-electron chi connectivity index (χ2n) is 5.52. The van der Waals surface area contributed by atoms with E-state index >= 15 is 0 Å². The molecule has 11 heteroatoms. The number of likely N-dealkylation sites (tertiary alicyclic amines) is 1. The van der Waals surface area contributed by atoms with E-state index in [9.17, 15) is 26.3 Å². The third-order valence-electron chi connectivity index (χ3n) is 3.33. The Morgan fingerprint density at radius 3 is 2.33 bits per heavy atom. The van der Waals surface area contributed by atoms with Gasteiger partial charge in [-0.25, -0.2) is 0 Å². The van der Waals surface area contributed by atoms with Gasteiger partial charge in [0.15, 0.2) is 5.96 Å². The fourth-order valence-corrected chi connectivity index (χ4v) is 2.34. The highest BCUT2D eigenvalue weighted by atomic mass is 127. The van der Waals surface area contributed by atoms with Crippen LogP contribution in [0.25, 0.3) is 0 Å². The second-order valence-corrected chi connectivity index (χ2v) is 5.52. The molecule has 144 valence electrons. The molecular formula is C13H23F6IN4. The standard InChI is InChI=1S/C13H22F6N4.HI/c1-2-20-11(21-5-4-12(14,15)16)22-7-10-3-6-23(8-10)9-13(17,18)19;/h10H,2-9H2,1H3,(H2,20,21,22);1H. The van der Waals surface area contributed by atoms with Crippen LogP contribution in [0.15, 0.2) is 4.99 Å². The minimum absolute atomic E-state index is 0. The number of alkyl halides is 6. The third kappa shape index (κ3) is 11.2. The highest BCUT2D eigenvalue weighted by Gasteiger charge is 2.34. The molecule has 1 fully saturated rings. The quantitative estimate of drug-likeness (QED) is 0.268. The molecule has 0 aliphatic carbocycles. The summed E-state index contributed by atoms with van der Waals surface area (Å²) in [4.78, 5) is 5.49. The summed E-state index contributed by atoms with van der Waals surface area (Å²) in [6, 6.07) is 0. The van der Waals surface area contributed by atoms with Crippen LogP contribution in [-0.4, -0.2) is 62.5 Å². The van der Waals surface area contributed by atoms with E-state index in [0.717, 1.165) is 0 Å². The van der Waals surface area contributed by atoms with Crippen LogP contribution in [0.3, 0.4) is 0 Å². The third-order valence-corrected chi connectivity index (χ3v) is 3.33. The van der Waals surface area contributed by atoms with Gasteiger partial charge in [-0.15, -0.1) is 24.0 Å².